The Hall–Kier alpha value is -3.07. The predicted molar refractivity (Wildman–Crippen MR) is 88.8 cm³/mol. The van der Waals surface area contributed by atoms with Gasteiger partial charge in [-0.05, 0) is 18.2 Å². The molecule has 0 saturated heterocycles. The second kappa shape index (κ2) is 4.99. The molecule has 0 saturated carbocycles. The van der Waals surface area contributed by atoms with E-state index in [1.807, 2.05) is 12.1 Å². The number of hydrogen-bond donors (Lipinski definition) is 5. The van der Waals surface area contributed by atoms with Crippen molar-refractivity contribution in [3.8, 4) is 0 Å². The Balaban J connectivity index is 1.73. The Morgan fingerprint density at radius 2 is 2.26 bits per heavy atom. The highest BCUT2D eigenvalue weighted by Crippen LogP contribution is 2.25. The maximum atomic E-state index is 11.4. The summed E-state index contributed by atoms with van der Waals surface area (Å²) >= 11 is 1.12. The number of carbonyl (C=O) groups is 1. The maximum Gasteiger partial charge on any atom is 0.338 e. The molecule has 5 N–H and O–H groups in total. The second-order valence-electron chi connectivity index (χ2n) is 4.95. The molecule has 3 heterocycles. The number of H-pyrrole nitrogens is 2. The minimum atomic E-state index is -1.03. The van der Waals surface area contributed by atoms with Crippen LogP contribution in [0.1, 0.15) is 15.9 Å². The highest BCUT2D eigenvalue weighted by atomic mass is 32.1. The van der Waals surface area contributed by atoms with Crippen LogP contribution in [0.15, 0.2) is 34.2 Å². The number of aromatic nitrogens is 2. The molecule has 0 atom stereocenters. The summed E-state index contributed by atoms with van der Waals surface area (Å²) in [5.74, 6) is 0.0620. The third kappa shape index (κ3) is 2.27. The molecule has 0 unspecified atom stereocenters. The van der Waals surface area contributed by atoms with E-state index in [1.54, 1.807) is 6.07 Å². The Morgan fingerprint density at radius 1 is 1.39 bits per heavy atom. The van der Waals surface area contributed by atoms with Crippen molar-refractivity contribution in [3.63, 3.8) is 0 Å². The van der Waals surface area contributed by atoms with E-state index in [0.717, 1.165) is 27.2 Å². The van der Waals surface area contributed by atoms with Crippen molar-refractivity contribution in [2.45, 2.75) is 0 Å². The zero-order chi connectivity index (χ0) is 16.0. The molecule has 0 radical (unpaired) electrons. The zero-order valence-electron chi connectivity index (χ0n) is 11.6. The second-order valence-corrected chi connectivity index (χ2v) is 5.96. The lowest BCUT2D eigenvalue weighted by Gasteiger charge is -2.17. The highest BCUT2D eigenvalue weighted by molar-refractivity contribution is 7.16. The number of nitrogens with zero attached hydrogens (tertiary/aromatic N) is 1. The number of rotatable bonds is 2. The van der Waals surface area contributed by atoms with Crippen molar-refractivity contribution in [1.29, 1.82) is 0 Å². The lowest BCUT2D eigenvalue weighted by Crippen LogP contribution is -2.23. The van der Waals surface area contributed by atoms with Gasteiger partial charge < -0.3 is 25.7 Å². The molecule has 23 heavy (non-hydrogen) atoms. The average molecular weight is 329 g/mol. The molecule has 9 heteroatoms. The molecule has 0 spiro atoms. The summed E-state index contributed by atoms with van der Waals surface area (Å²) in [6, 6.07) is 5.44. The minimum Gasteiger partial charge on any atom is -0.478 e. The lowest BCUT2D eigenvalue weighted by molar-refractivity contribution is 0.0697. The number of carboxylic acid groups (broad SMARTS) is 1. The number of nitrogens with one attached hydrogen (secondary N) is 4. The first-order valence-electron chi connectivity index (χ1n) is 6.75. The summed E-state index contributed by atoms with van der Waals surface area (Å²) in [7, 11) is 0. The van der Waals surface area contributed by atoms with Crippen molar-refractivity contribution in [3.05, 3.63) is 45.2 Å². The fraction of sp³-hybridized carbons (Fsp3) is 0.0714. The van der Waals surface area contributed by atoms with E-state index in [4.69, 9.17) is 0 Å². The standard InChI is InChI=1S/C14H11N5O3S/c20-13(21)7-4-15-11-10(7)12(17-5-16-11)18-6-1-2-8-9(3-6)23-14(22)19-8/h1-4,15-16H,5H2,(H,17,18)(H,19,22)(H,20,21). The number of thiazole rings is 1. The van der Waals surface area contributed by atoms with Gasteiger partial charge in [0.1, 0.15) is 18.3 Å². The van der Waals surface area contributed by atoms with Crippen molar-refractivity contribution in [2.75, 3.05) is 17.3 Å². The monoisotopic (exact) mass is 329 g/mol. The van der Waals surface area contributed by atoms with E-state index in [1.165, 1.54) is 6.20 Å². The van der Waals surface area contributed by atoms with Gasteiger partial charge >= 0.3 is 10.8 Å². The molecule has 8 nitrogen and oxygen atoms in total. The van der Waals surface area contributed by atoms with E-state index in [0.29, 0.717) is 23.9 Å². The first-order chi connectivity index (χ1) is 11.1. The quantitative estimate of drug-likeness (QED) is 0.491. The maximum absolute atomic E-state index is 11.4. The first kappa shape index (κ1) is 13.6. The van der Waals surface area contributed by atoms with Gasteiger partial charge in [0.25, 0.3) is 0 Å². The molecule has 116 valence electrons. The van der Waals surface area contributed by atoms with Crippen molar-refractivity contribution in [2.24, 2.45) is 4.99 Å². The predicted octanol–water partition coefficient (Wildman–Crippen LogP) is 1.86. The Morgan fingerprint density at radius 3 is 3.09 bits per heavy atom. The van der Waals surface area contributed by atoms with Gasteiger partial charge in [0.2, 0.25) is 0 Å². The summed E-state index contributed by atoms with van der Waals surface area (Å²) in [5.41, 5.74) is 2.14. The van der Waals surface area contributed by atoms with Crippen LogP contribution >= 0.6 is 11.3 Å². The molecule has 0 aliphatic carbocycles. The van der Waals surface area contributed by atoms with E-state index in [2.05, 4.69) is 25.6 Å². The summed E-state index contributed by atoms with van der Waals surface area (Å²) < 4.78 is 0.822. The molecule has 4 rings (SSSR count). The summed E-state index contributed by atoms with van der Waals surface area (Å²) in [6.07, 6.45) is 1.43. The zero-order valence-corrected chi connectivity index (χ0v) is 12.5. The number of aromatic amines is 2. The van der Waals surface area contributed by atoms with E-state index in [9.17, 15) is 14.7 Å². The number of anilines is 2. The summed E-state index contributed by atoms with van der Waals surface area (Å²) in [4.78, 5) is 32.6. The Bertz CT molecular complexity index is 1010. The Labute approximate surface area is 132 Å². The van der Waals surface area contributed by atoms with Crippen LogP contribution < -0.4 is 15.5 Å². The van der Waals surface area contributed by atoms with Crippen LogP contribution in [0, 0.1) is 0 Å². The number of aromatic carboxylic acids is 1. The van der Waals surface area contributed by atoms with Gasteiger partial charge in [-0.2, -0.15) is 0 Å². The van der Waals surface area contributed by atoms with Crippen LogP contribution in [-0.4, -0.2) is 33.5 Å². The molecule has 1 aromatic carbocycles. The van der Waals surface area contributed by atoms with Gasteiger partial charge in [-0.25, -0.2) is 9.79 Å². The number of aliphatic imine (C=N–C) groups is 1. The average Bonchev–Trinajstić information content (AvgIpc) is 3.09. The smallest absolute Gasteiger partial charge is 0.338 e. The largest absolute Gasteiger partial charge is 0.478 e. The van der Waals surface area contributed by atoms with Gasteiger partial charge in [-0.15, -0.1) is 0 Å². The Kier molecular flexibility index (Phi) is 2.95. The van der Waals surface area contributed by atoms with E-state index in [-0.39, 0.29) is 10.4 Å². The minimum absolute atomic E-state index is 0.113. The third-order valence-electron chi connectivity index (χ3n) is 3.52. The molecule has 1 aliphatic rings. The first-order valence-corrected chi connectivity index (χ1v) is 7.57. The molecule has 0 fully saturated rings. The van der Waals surface area contributed by atoms with Gasteiger partial charge in [-0.3, -0.25) is 4.79 Å². The lowest BCUT2D eigenvalue weighted by atomic mass is 10.1. The SMILES string of the molecule is O=C(O)c1c[nH]c2c1C(Nc1ccc3[nH]c(=O)sc3c1)=NCN2. The number of carboxylic acids is 1. The molecular formula is C14H11N5O3S. The van der Waals surface area contributed by atoms with Crippen LogP contribution in [0.3, 0.4) is 0 Å². The molecule has 0 bridgehead atoms. The van der Waals surface area contributed by atoms with Crippen LogP contribution in [0.4, 0.5) is 11.5 Å². The van der Waals surface area contributed by atoms with Crippen LogP contribution in [0.5, 0.6) is 0 Å². The van der Waals surface area contributed by atoms with Crippen molar-refractivity contribution in [1.82, 2.24) is 9.97 Å². The van der Waals surface area contributed by atoms with Crippen molar-refractivity contribution >= 4 is 44.9 Å². The van der Waals surface area contributed by atoms with E-state index >= 15 is 0 Å². The van der Waals surface area contributed by atoms with Gasteiger partial charge in [0.15, 0.2) is 0 Å². The van der Waals surface area contributed by atoms with E-state index < -0.39 is 5.97 Å². The third-order valence-corrected chi connectivity index (χ3v) is 4.37. The highest BCUT2D eigenvalue weighted by Gasteiger charge is 2.24. The van der Waals surface area contributed by atoms with Gasteiger partial charge in [-0.1, -0.05) is 11.3 Å². The molecule has 2 aromatic heterocycles. The number of hydrogen-bond acceptors (Lipinski definition) is 6. The number of benzene rings is 1. The van der Waals surface area contributed by atoms with Gasteiger partial charge in [0, 0.05) is 11.9 Å². The fourth-order valence-corrected chi connectivity index (χ4v) is 3.29. The fourth-order valence-electron chi connectivity index (χ4n) is 2.52. The summed E-state index contributed by atoms with van der Waals surface area (Å²) in [5, 5.41) is 15.4. The topological polar surface area (TPSA) is 122 Å². The molecule has 3 aromatic rings. The van der Waals surface area contributed by atoms with Gasteiger partial charge in [0.05, 0.1) is 21.3 Å². The number of amidine groups is 1. The number of fused-ring (bicyclic) bond motifs is 2. The van der Waals surface area contributed by atoms with Crippen molar-refractivity contribution < 1.29 is 9.90 Å². The van der Waals surface area contributed by atoms with Crippen LogP contribution in [-0.2, 0) is 0 Å². The van der Waals surface area contributed by atoms with Crippen LogP contribution in [0.2, 0.25) is 0 Å². The molecule has 0 amide bonds. The van der Waals surface area contributed by atoms with Crippen LogP contribution in [0.25, 0.3) is 10.2 Å². The summed E-state index contributed by atoms with van der Waals surface area (Å²) in [6.45, 7) is 0.342. The molecule has 1 aliphatic heterocycles. The molecular weight excluding hydrogens is 318 g/mol. The normalized spacial score (nSPS) is 13.3.